The highest BCUT2D eigenvalue weighted by Gasteiger charge is 2.32. The molecule has 0 aliphatic rings. The Morgan fingerprint density at radius 2 is 1.70 bits per heavy atom. The van der Waals surface area contributed by atoms with Crippen molar-refractivity contribution in [3.8, 4) is 5.75 Å². The SMILES string of the molecule is CNC(=O)C(C)N(Cc1cccc(Cl)c1)C(=O)CN(c1ccc(F)cc1)S(=O)(=O)c1ccc(OC)cc1. The van der Waals surface area contributed by atoms with Gasteiger partial charge in [-0.1, -0.05) is 23.7 Å². The molecule has 0 aliphatic heterocycles. The lowest BCUT2D eigenvalue weighted by atomic mass is 10.1. The molecule has 1 unspecified atom stereocenters. The summed E-state index contributed by atoms with van der Waals surface area (Å²) in [5.74, 6) is -1.18. The van der Waals surface area contributed by atoms with Crippen LogP contribution in [-0.4, -0.2) is 51.9 Å². The molecule has 37 heavy (non-hydrogen) atoms. The summed E-state index contributed by atoms with van der Waals surface area (Å²) >= 11 is 6.09. The Labute approximate surface area is 220 Å². The van der Waals surface area contributed by atoms with Gasteiger partial charge in [-0.25, -0.2) is 12.8 Å². The Morgan fingerprint density at radius 1 is 1.05 bits per heavy atom. The zero-order chi connectivity index (χ0) is 27.2. The fourth-order valence-electron chi connectivity index (χ4n) is 3.63. The topological polar surface area (TPSA) is 96.0 Å². The van der Waals surface area contributed by atoms with Crippen molar-refractivity contribution in [1.29, 1.82) is 0 Å². The molecule has 8 nitrogen and oxygen atoms in total. The van der Waals surface area contributed by atoms with Gasteiger partial charge in [-0.2, -0.15) is 0 Å². The number of ether oxygens (including phenoxy) is 1. The van der Waals surface area contributed by atoms with Crippen molar-refractivity contribution in [2.24, 2.45) is 0 Å². The second kappa shape index (κ2) is 12.1. The van der Waals surface area contributed by atoms with Crippen molar-refractivity contribution in [2.45, 2.75) is 24.4 Å². The van der Waals surface area contributed by atoms with Crippen molar-refractivity contribution < 1.29 is 27.1 Å². The van der Waals surface area contributed by atoms with Crippen LogP contribution in [0.25, 0.3) is 0 Å². The third-order valence-corrected chi connectivity index (χ3v) is 7.72. The number of halogens is 2. The van der Waals surface area contributed by atoms with Crippen molar-refractivity contribution >= 4 is 39.1 Å². The van der Waals surface area contributed by atoms with Crippen LogP contribution in [0.3, 0.4) is 0 Å². The number of carbonyl (C=O) groups is 2. The molecule has 0 aliphatic carbocycles. The predicted octanol–water partition coefficient (Wildman–Crippen LogP) is 3.85. The van der Waals surface area contributed by atoms with E-state index in [9.17, 15) is 22.4 Å². The average Bonchev–Trinajstić information content (AvgIpc) is 2.90. The highest BCUT2D eigenvalue weighted by molar-refractivity contribution is 7.92. The van der Waals surface area contributed by atoms with Crippen molar-refractivity contribution in [1.82, 2.24) is 10.2 Å². The number of methoxy groups -OCH3 is 1. The van der Waals surface area contributed by atoms with Gasteiger partial charge in [0, 0.05) is 18.6 Å². The molecular formula is C26H27ClFN3O5S. The summed E-state index contributed by atoms with van der Waals surface area (Å²) in [6, 6.07) is 16.3. The first-order valence-electron chi connectivity index (χ1n) is 11.2. The largest absolute Gasteiger partial charge is 0.497 e. The molecular weight excluding hydrogens is 521 g/mol. The number of rotatable bonds is 10. The van der Waals surface area contributed by atoms with Gasteiger partial charge in [0.05, 0.1) is 17.7 Å². The molecule has 11 heteroatoms. The molecule has 2 amide bonds. The molecule has 0 spiro atoms. The molecule has 1 atom stereocenters. The number of sulfonamides is 1. The van der Waals surface area contributed by atoms with E-state index in [2.05, 4.69) is 5.32 Å². The molecule has 0 aromatic heterocycles. The molecule has 196 valence electrons. The number of amides is 2. The average molecular weight is 548 g/mol. The molecule has 0 radical (unpaired) electrons. The van der Waals surface area contributed by atoms with Gasteiger partial charge in [-0.15, -0.1) is 0 Å². The van der Waals surface area contributed by atoms with Crippen molar-refractivity contribution in [2.75, 3.05) is 25.0 Å². The van der Waals surface area contributed by atoms with E-state index in [0.29, 0.717) is 16.3 Å². The van der Waals surface area contributed by atoms with Crippen LogP contribution in [0.5, 0.6) is 5.75 Å². The van der Waals surface area contributed by atoms with Gasteiger partial charge in [-0.05, 0) is 73.2 Å². The minimum Gasteiger partial charge on any atom is -0.497 e. The third kappa shape index (κ3) is 6.78. The highest BCUT2D eigenvalue weighted by atomic mass is 35.5. The maximum absolute atomic E-state index is 13.7. The molecule has 0 heterocycles. The molecule has 1 N–H and O–H groups in total. The van der Waals surface area contributed by atoms with Crippen molar-refractivity contribution in [3.05, 3.63) is 89.2 Å². The Kier molecular flexibility index (Phi) is 9.12. The lowest BCUT2D eigenvalue weighted by Crippen LogP contribution is -2.50. The van der Waals surface area contributed by atoms with Crippen LogP contribution in [0.1, 0.15) is 12.5 Å². The summed E-state index contributed by atoms with van der Waals surface area (Å²) < 4.78 is 47.0. The standard InChI is InChI=1S/C26H27ClFN3O5S/c1-18(26(33)29-2)30(16-19-5-4-6-20(27)15-19)25(32)17-31(22-9-7-21(28)8-10-22)37(34,35)24-13-11-23(36-3)12-14-24/h4-15,18H,16-17H2,1-3H3,(H,29,33). The Morgan fingerprint density at radius 3 is 2.27 bits per heavy atom. The molecule has 0 bridgehead atoms. The van der Waals surface area contributed by atoms with E-state index in [4.69, 9.17) is 16.3 Å². The van der Waals surface area contributed by atoms with Crippen LogP contribution in [0, 0.1) is 5.82 Å². The van der Waals surface area contributed by atoms with Gasteiger partial charge < -0.3 is 15.0 Å². The maximum Gasteiger partial charge on any atom is 0.264 e. The summed E-state index contributed by atoms with van der Waals surface area (Å²) in [5.41, 5.74) is 0.740. The van der Waals surface area contributed by atoms with E-state index < -0.39 is 40.2 Å². The van der Waals surface area contributed by atoms with Crippen LogP contribution >= 0.6 is 11.6 Å². The number of benzene rings is 3. The monoisotopic (exact) mass is 547 g/mol. The quantitative estimate of drug-likeness (QED) is 0.416. The summed E-state index contributed by atoms with van der Waals surface area (Å²) in [6.07, 6.45) is 0. The van der Waals surface area contributed by atoms with Gasteiger partial charge in [0.2, 0.25) is 11.8 Å². The van der Waals surface area contributed by atoms with E-state index in [1.807, 2.05) is 0 Å². The van der Waals surface area contributed by atoms with E-state index in [-0.39, 0.29) is 17.1 Å². The zero-order valence-electron chi connectivity index (χ0n) is 20.5. The first-order valence-corrected chi connectivity index (χ1v) is 13.1. The first-order chi connectivity index (χ1) is 17.6. The Hall–Kier alpha value is -3.63. The minimum atomic E-state index is -4.27. The summed E-state index contributed by atoms with van der Waals surface area (Å²) in [6.45, 7) is 0.914. The van der Waals surface area contributed by atoms with Gasteiger partial charge in [0.1, 0.15) is 24.2 Å². The second-order valence-electron chi connectivity index (χ2n) is 8.11. The minimum absolute atomic E-state index is 0.00776. The highest BCUT2D eigenvalue weighted by Crippen LogP contribution is 2.26. The lowest BCUT2D eigenvalue weighted by molar-refractivity contribution is -0.139. The molecule has 0 saturated heterocycles. The van der Waals surface area contributed by atoms with Gasteiger partial charge in [-0.3, -0.25) is 13.9 Å². The maximum atomic E-state index is 13.7. The van der Waals surface area contributed by atoms with Crippen molar-refractivity contribution in [3.63, 3.8) is 0 Å². The van der Waals surface area contributed by atoms with E-state index >= 15 is 0 Å². The molecule has 3 aromatic rings. The molecule has 3 rings (SSSR count). The number of carbonyl (C=O) groups excluding carboxylic acids is 2. The number of nitrogens with one attached hydrogen (secondary N) is 1. The van der Waals surface area contributed by atoms with Crippen LogP contribution in [0.15, 0.2) is 77.7 Å². The summed E-state index contributed by atoms with van der Waals surface area (Å²) in [7, 11) is -1.37. The summed E-state index contributed by atoms with van der Waals surface area (Å²) in [4.78, 5) is 27.3. The van der Waals surface area contributed by atoms with Crippen LogP contribution < -0.4 is 14.4 Å². The lowest BCUT2D eigenvalue weighted by Gasteiger charge is -2.31. The zero-order valence-corrected chi connectivity index (χ0v) is 22.1. The fraction of sp³-hybridized carbons (Fsp3) is 0.231. The van der Waals surface area contributed by atoms with Gasteiger partial charge >= 0.3 is 0 Å². The normalized spacial score (nSPS) is 11.9. The number of likely N-dealkylation sites (N-methyl/N-ethyl adjacent to an activating group) is 1. The third-order valence-electron chi connectivity index (χ3n) is 5.70. The summed E-state index contributed by atoms with van der Waals surface area (Å²) in [5, 5.41) is 2.96. The smallest absolute Gasteiger partial charge is 0.264 e. The number of hydrogen-bond donors (Lipinski definition) is 1. The van der Waals surface area contributed by atoms with E-state index in [1.54, 1.807) is 31.2 Å². The van der Waals surface area contributed by atoms with Gasteiger partial charge in [0.25, 0.3) is 10.0 Å². The first kappa shape index (κ1) is 27.9. The van der Waals surface area contributed by atoms with Crippen LogP contribution in [-0.2, 0) is 26.2 Å². The van der Waals surface area contributed by atoms with Crippen LogP contribution in [0.2, 0.25) is 5.02 Å². The molecule has 3 aromatic carbocycles. The Balaban J connectivity index is 2.02. The fourth-order valence-corrected chi connectivity index (χ4v) is 5.26. The Bertz CT molecular complexity index is 1350. The number of anilines is 1. The second-order valence-corrected chi connectivity index (χ2v) is 10.4. The molecule has 0 saturated carbocycles. The van der Waals surface area contributed by atoms with Gasteiger partial charge in [0.15, 0.2) is 0 Å². The van der Waals surface area contributed by atoms with Crippen LogP contribution in [0.4, 0.5) is 10.1 Å². The van der Waals surface area contributed by atoms with E-state index in [1.165, 1.54) is 55.5 Å². The predicted molar refractivity (Wildman–Crippen MR) is 139 cm³/mol. The van der Waals surface area contributed by atoms with E-state index in [0.717, 1.165) is 16.4 Å². The number of hydrogen-bond acceptors (Lipinski definition) is 5. The molecule has 0 fully saturated rings. The number of nitrogens with zero attached hydrogens (tertiary/aromatic N) is 2.